The second-order valence-corrected chi connectivity index (χ2v) is 11.9. The van der Waals surface area contributed by atoms with Gasteiger partial charge < -0.3 is 29.0 Å². The largest absolute Gasteiger partial charge is 0.530 e. The molecule has 1 unspecified atom stereocenters. The van der Waals surface area contributed by atoms with E-state index in [2.05, 4.69) is 26.8 Å². The van der Waals surface area contributed by atoms with E-state index >= 15 is 0 Å². The molecular weight excluding hydrogens is 458 g/mol. The molecule has 1 spiro atoms. The molecule has 0 aromatic carbocycles. The highest BCUT2D eigenvalue weighted by molar-refractivity contribution is 5.63. The molecule has 198 valence electrons. The SMILES string of the molecule is CO[C@H]1[C@@H]([C@@H]2[C@H](CCN3CC(F)(F)C3)CCN2C(=O)[O-])CCC2(CO2)[C@H]1[C@@]1(C)O[C@@H]1CC=C(C)C. The van der Waals surface area contributed by atoms with E-state index in [-0.39, 0.29) is 60.3 Å². The second kappa shape index (κ2) is 8.92. The van der Waals surface area contributed by atoms with Crippen molar-refractivity contribution in [1.82, 2.24) is 9.80 Å². The van der Waals surface area contributed by atoms with Crippen molar-refractivity contribution < 1.29 is 32.9 Å². The van der Waals surface area contributed by atoms with Gasteiger partial charge in [0.05, 0.1) is 37.5 Å². The maximum atomic E-state index is 13.3. The Morgan fingerprint density at radius 1 is 1.26 bits per heavy atom. The predicted octanol–water partition coefficient (Wildman–Crippen LogP) is 2.69. The third-order valence-corrected chi connectivity index (χ3v) is 9.32. The summed E-state index contributed by atoms with van der Waals surface area (Å²) in [5.74, 6) is -2.51. The van der Waals surface area contributed by atoms with Crippen molar-refractivity contribution in [1.29, 1.82) is 0 Å². The van der Waals surface area contributed by atoms with Crippen LogP contribution >= 0.6 is 0 Å². The Morgan fingerprint density at radius 3 is 2.54 bits per heavy atom. The highest BCUT2D eigenvalue weighted by Gasteiger charge is 2.72. The van der Waals surface area contributed by atoms with Crippen LogP contribution in [-0.4, -0.2) is 91.2 Å². The molecular formula is C26H39F2N2O5-. The standard InChI is InChI=1S/C26H40F2N2O5/c1-16(2)5-6-19-24(3,35-19)22-21(33-4)18(7-10-25(22)15-34-25)20-17(9-12-30(20)23(31)32)8-11-29-13-26(27,28)14-29/h5,17-22H,6-15H2,1-4H3,(H,31,32)/p-1/t17-,18-,19-,20+,21+,22-,24+,25?/m1/s1. The highest BCUT2D eigenvalue weighted by Crippen LogP contribution is 2.61. The first-order valence-electron chi connectivity index (χ1n) is 13.1. The van der Waals surface area contributed by atoms with Crippen molar-refractivity contribution >= 4 is 6.09 Å². The summed E-state index contributed by atoms with van der Waals surface area (Å²) in [6.07, 6.45) is 4.82. The van der Waals surface area contributed by atoms with E-state index < -0.39 is 12.0 Å². The third-order valence-electron chi connectivity index (χ3n) is 9.32. The molecule has 1 aliphatic carbocycles. The lowest BCUT2D eigenvalue weighted by molar-refractivity contribution is -0.269. The van der Waals surface area contributed by atoms with Crippen molar-refractivity contribution in [2.24, 2.45) is 17.8 Å². The summed E-state index contributed by atoms with van der Waals surface area (Å²) in [6, 6.07) is -0.246. The molecule has 4 heterocycles. The van der Waals surface area contributed by atoms with Crippen molar-refractivity contribution in [2.75, 3.05) is 39.9 Å². The topological polar surface area (TPSA) is 80.9 Å². The Morgan fingerprint density at radius 2 is 1.97 bits per heavy atom. The van der Waals surface area contributed by atoms with E-state index in [1.807, 2.05) is 0 Å². The minimum absolute atomic E-state index is 0.00763. The maximum absolute atomic E-state index is 13.3. The fourth-order valence-electron chi connectivity index (χ4n) is 7.49. The molecule has 5 rings (SSSR count). The van der Waals surface area contributed by atoms with Gasteiger partial charge in [-0.15, -0.1) is 0 Å². The van der Waals surface area contributed by atoms with Crippen LogP contribution in [0, 0.1) is 17.8 Å². The molecule has 0 aromatic heterocycles. The number of alkyl halides is 2. The van der Waals surface area contributed by atoms with Crippen LogP contribution < -0.4 is 5.11 Å². The zero-order valence-electron chi connectivity index (χ0n) is 21.3. The molecule has 5 aliphatic rings. The molecule has 0 N–H and O–H groups in total. The van der Waals surface area contributed by atoms with Crippen molar-refractivity contribution in [3.8, 4) is 0 Å². The molecule has 35 heavy (non-hydrogen) atoms. The number of methoxy groups -OCH3 is 1. The molecule has 9 heteroatoms. The molecule has 1 amide bonds. The summed E-state index contributed by atoms with van der Waals surface area (Å²) < 4.78 is 45.2. The molecule has 0 aromatic rings. The normalized spacial score (nSPS) is 44.2. The Bertz CT molecular complexity index is 853. The minimum Gasteiger partial charge on any atom is -0.530 e. The van der Waals surface area contributed by atoms with E-state index in [1.165, 1.54) is 10.5 Å². The molecule has 1 saturated carbocycles. The van der Waals surface area contributed by atoms with Gasteiger partial charge in [0.15, 0.2) is 0 Å². The first-order chi connectivity index (χ1) is 16.5. The number of nitrogens with zero attached hydrogens (tertiary/aromatic N) is 2. The Kier molecular flexibility index (Phi) is 6.47. The lowest BCUT2D eigenvalue weighted by Gasteiger charge is -2.48. The smallest absolute Gasteiger partial charge is 0.272 e. The van der Waals surface area contributed by atoms with E-state index in [1.54, 1.807) is 12.0 Å². The lowest BCUT2D eigenvalue weighted by atomic mass is 9.62. The number of halogens is 2. The Balaban J connectivity index is 1.35. The van der Waals surface area contributed by atoms with Crippen LogP contribution in [0.1, 0.15) is 52.9 Å². The van der Waals surface area contributed by atoms with Crippen LogP contribution in [0.25, 0.3) is 0 Å². The molecule has 4 saturated heterocycles. The average Bonchev–Trinajstić information content (AvgIpc) is 3.63. The van der Waals surface area contributed by atoms with Gasteiger partial charge in [-0.3, -0.25) is 4.90 Å². The van der Waals surface area contributed by atoms with Gasteiger partial charge in [-0.25, -0.2) is 8.78 Å². The third kappa shape index (κ3) is 4.62. The lowest BCUT2D eigenvalue weighted by Crippen LogP contribution is -2.59. The summed E-state index contributed by atoms with van der Waals surface area (Å²) in [4.78, 5) is 15.4. The molecule has 5 fully saturated rings. The first kappa shape index (κ1) is 25.4. The highest BCUT2D eigenvalue weighted by atomic mass is 19.3. The summed E-state index contributed by atoms with van der Waals surface area (Å²) in [7, 11) is 1.71. The summed E-state index contributed by atoms with van der Waals surface area (Å²) in [5.41, 5.74) is 0.601. The van der Waals surface area contributed by atoms with E-state index in [0.717, 1.165) is 25.7 Å². The monoisotopic (exact) mass is 497 g/mol. The Labute approximate surface area is 206 Å². The Hall–Kier alpha value is -1.29. The molecule has 0 radical (unpaired) electrons. The summed E-state index contributed by atoms with van der Waals surface area (Å²) >= 11 is 0. The summed E-state index contributed by atoms with van der Waals surface area (Å²) in [6.45, 7) is 7.55. The van der Waals surface area contributed by atoms with Crippen LogP contribution in [0.15, 0.2) is 11.6 Å². The van der Waals surface area contributed by atoms with Gasteiger partial charge in [-0.1, -0.05) is 11.6 Å². The molecule has 8 atom stereocenters. The second-order valence-electron chi connectivity index (χ2n) is 11.9. The van der Waals surface area contributed by atoms with Crippen molar-refractivity contribution in [2.45, 2.75) is 88.2 Å². The van der Waals surface area contributed by atoms with Crippen LogP contribution in [0.3, 0.4) is 0 Å². The number of likely N-dealkylation sites (tertiary alicyclic amines) is 2. The predicted molar refractivity (Wildman–Crippen MR) is 123 cm³/mol. The number of hydrogen-bond donors (Lipinski definition) is 0. The fraction of sp³-hybridized carbons (Fsp3) is 0.885. The average molecular weight is 498 g/mol. The van der Waals surface area contributed by atoms with E-state index in [9.17, 15) is 18.7 Å². The molecule has 0 bridgehead atoms. The summed E-state index contributed by atoms with van der Waals surface area (Å²) in [5, 5.41) is 12.1. The van der Waals surface area contributed by atoms with Crippen LogP contribution in [0.2, 0.25) is 0 Å². The zero-order valence-corrected chi connectivity index (χ0v) is 21.3. The van der Waals surface area contributed by atoms with E-state index in [0.29, 0.717) is 26.1 Å². The quantitative estimate of drug-likeness (QED) is 0.379. The van der Waals surface area contributed by atoms with Gasteiger partial charge in [-0.05, 0) is 65.3 Å². The van der Waals surface area contributed by atoms with Crippen molar-refractivity contribution in [3.63, 3.8) is 0 Å². The van der Waals surface area contributed by atoms with Gasteiger partial charge in [0.2, 0.25) is 0 Å². The molecule has 7 nitrogen and oxygen atoms in total. The fourth-order valence-corrected chi connectivity index (χ4v) is 7.49. The number of carboxylic acid groups (broad SMARTS) is 1. The van der Waals surface area contributed by atoms with E-state index in [4.69, 9.17) is 14.2 Å². The zero-order chi connectivity index (χ0) is 25.2. The number of epoxide rings is 2. The number of hydrogen-bond acceptors (Lipinski definition) is 6. The van der Waals surface area contributed by atoms with Crippen LogP contribution in [0.5, 0.6) is 0 Å². The number of ether oxygens (including phenoxy) is 3. The van der Waals surface area contributed by atoms with Crippen LogP contribution in [0.4, 0.5) is 13.6 Å². The van der Waals surface area contributed by atoms with Gasteiger partial charge in [-0.2, -0.15) is 0 Å². The van der Waals surface area contributed by atoms with Gasteiger partial charge in [0, 0.05) is 31.5 Å². The number of amides is 1. The number of carbonyl (C=O) groups is 1. The first-order valence-corrected chi connectivity index (χ1v) is 13.1. The number of carbonyl (C=O) groups excluding carboxylic acids is 1. The van der Waals surface area contributed by atoms with Gasteiger partial charge in [0.25, 0.3) is 5.92 Å². The number of allylic oxidation sites excluding steroid dienone is 1. The number of rotatable bonds is 8. The van der Waals surface area contributed by atoms with Gasteiger partial charge in [0.1, 0.15) is 11.7 Å². The van der Waals surface area contributed by atoms with Gasteiger partial charge >= 0.3 is 0 Å². The minimum atomic E-state index is -2.59. The maximum Gasteiger partial charge on any atom is 0.272 e. The van der Waals surface area contributed by atoms with Crippen molar-refractivity contribution in [3.05, 3.63) is 11.6 Å². The van der Waals surface area contributed by atoms with Crippen LogP contribution in [-0.2, 0) is 14.2 Å². The molecule has 4 aliphatic heterocycles.